The summed E-state index contributed by atoms with van der Waals surface area (Å²) in [6, 6.07) is 14.2. The van der Waals surface area contributed by atoms with Crippen LogP contribution in [0.5, 0.6) is 0 Å². The highest BCUT2D eigenvalue weighted by atomic mass is 32.1. The predicted molar refractivity (Wildman–Crippen MR) is 128 cm³/mol. The molecule has 0 saturated carbocycles. The molecule has 0 atom stereocenters. The number of primary amides is 1. The summed E-state index contributed by atoms with van der Waals surface area (Å²) in [5, 5.41) is 0.776. The zero-order valence-electron chi connectivity index (χ0n) is 17.4. The smallest absolute Gasteiger partial charge is 0.323 e. The van der Waals surface area contributed by atoms with E-state index in [2.05, 4.69) is 15.0 Å². The molecule has 164 valence electrons. The molecule has 0 fully saturated rings. The van der Waals surface area contributed by atoms with Gasteiger partial charge in [-0.25, -0.2) is 24.1 Å². The fourth-order valence-corrected chi connectivity index (χ4v) is 4.83. The Morgan fingerprint density at radius 3 is 2.67 bits per heavy atom. The average molecular weight is 460 g/mol. The van der Waals surface area contributed by atoms with Crippen molar-refractivity contribution in [2.45, 2.75) is 0 Å². The van der Waals surface area contributed by atoms with Crippen LogP contribution in [0, 0.1) is 5.82 Å². The van der Waals surface area contributed by atoms with Gasteiger partial charge in [-0.2, -0.15) is 0 Å². The number of rotatable bonds is 4. The number of carbonyl (C=O) groups is 1. The Morgan fingerprint density at radius 2 is 1.91 bits per heavy atom. The quantitative estimate of drug-likeness (QED) is 0.404. The molecule has 0 aliphatic heterocycles. The lowest BCUT2D eigenvalue weighted by Gasteiger charge is -2.21. The minimum atomic E-state index is -0.794. The minimum absolute atomic E-state index is 0.0713. The van der Waals surface area contributed by atoms with E-state index in [9.17, 15) is 9.18 Å². The monoisotopic (exact) mass is 459 g/mol. The third-order valence-electron chi connectivity index (χ3n) is 5.22. The van der Waals surface area contributed by atoms with Crippen molar-refractivity contribution in [2.75, 3.05) is 10.6 Å². The van der Waals surface area contributed by atoms with Crippen LogP contribution in [0.4, 0.5) is 26.4 Å². The first-order valence-electron chi connectivity index (χ1n) is 9.90. The summed E-state index contributed by atoms with van der Waals surface area (Å²) in [4.78, 5) is 28.0. The SMILES string of the molecule is Cn1cnc(-c2cccc(N(C(N)=O)c3ccccc3F)c2)c1-c1cc2c(N)ncnc2s1. The van der Waals surface area contributed by atoms with Crippen LogP contribution in [-0.4, -0.2) is 25.6 Å². The molecule has 0 bridgehead atoms. The molecule has 4 N–H and O–H groups in total. The van der Waals surface area contributed by atoms with E-state index in [1.54, 1.807) is 36.7 Å². The van der Waals surface area contributed by atoms with E-state index < -0.39 is 11.8 Å². The van der Waals surface area contributed by atoms with Crippen molar-refractivity contribution in [1.29, 1.82) is 0 Å². The number of anilines is 3. The Balaban J connectivity index is 1.64. The summed E-state index contributed by atoms with van der Waals surface area (Å²) in [5.74, 6) is -0.139. The topological polar surface area (TPSA) is 116 Å². The third-order valence-corrected chi connectivity index (χ3v) is 6.27. The van der Waals surface area contributed by atoms with Crippen molar-refractivity contribution in [3.8, 4) is 21.8 Å². The number of para-hydroxylation sites is 1. The Bertz CT molecular complexity index is 1510. The molecule has 10 heteroatoms. The van der Waals surface area contributed by atoms with Gasteiger partial charge in [0.05, 0.1) is 39.4 Å². The first-order chi connectivity index (χ1) is 15.9. The number of imidazole rings is 1. The molecule has 0 spiro atoms. The number of urea groups is 1. The van der Waals surface area contributed by atoms with E-state index in [1.807, 2.05) is 23.7 Å². The lowest BCUT2D eigenvalue weighted by Crippen LogP contribution is -2.32. The molecule has 0 aliphatic carbocycles. The first kappa shape index (κ1) is 20.6. The van der Waals surface area contributed by atoms with Gasteiger partial charge in [-0.3, -0.25) is 4.90 Å². The second-order valence-corrected chi connectivity index (χ2v) is 8.35. The van der Waals surface area contributed by atoms with Gasteiger partial charge in [0.15, 0.2) is 0 Å². The van der Waals surface area contributed by atoms with Gasteiger partial charge >= 0.3 is 6.03 Å². The molecule has 0 unspecified atom stereocenters. The number of nitrogen functional groups attached to an aromatic ring is 1. The number of nitrogens with two attached hydrogens (primary N) is 2. The lowest BCUT2D eigenvalue weighted by molar-refractivity contribution is 0.256. The second-order valence-electron chi connectivity index (χ2n) is 7.32. The van der Waals surface area contributed by atoms with E-state index in [0.717, 1.165) is 31.3 Å². The largest absolute Gasteiger partial charge is 0.383 e. The van der Waals surface area contributed by atoms with Crippen molar-refractivity contribution in [1.82, 2.24) is 19.5 Å². The maximum Gasteiger partial charge on any atom is 0.323 e. The number of amides is 2. The van der Waals surface area contributed by atoms with E-state index in [1.165, 1.54) is 29.8 Å². The van der Waals surface area contributed by atoms with Gasteiger partial charge in [-0.15, -0.1) is 11.3 Å². The number of carbonyl (C=O) groups excluding carboxylic acids is 1. The van der Waals surface area contributed by atoms with Gasteiger partial charge in [-0.05, 0) is 30.3 Å². The predicted octanol–water partition coefficient (Wildman–Crippen LogP) is 4.70. The van der Waals surface area contributed by atoms with Crippen LogP contribution in [0.3, 0.4) is 0 Å². The number of nitrogens with zero attached hydrogens (tertiary/aromatic N) is 5. The zero-order valence-corrected chi connectivity index (χ0v) is 18.3. The van der Waals surface area contributed by atoms with Crippen molar-refractivity contribution in [3.63, 3.8) is 0 Å². The van der Waals surface area contributed by atoms with Gasteiger partial charge in [0, 0.05) is 12.6 Å². The molecule has 0 radical (unpaired) electrons. The fourth-order valence-electron chi connectivity index (χ4n) is 3.73. The van der Waals surface area contributed by atoms with E-state index in [-0.39, 0.29) is 5.69 Å². The molecule has 0 aliphatic rings. The van der Waals surface area contributed by atoms with Gasteiger partial charge in [0.1, 0.15) is 22.8 Å². The highest BCUT2D eigenvalue weighted by Crippen LogP contribution is 2.39. The first-order valence-corrected chi connectivity index (χ1v) is 10.7. The fraction of sp³-hybridized carbons (Fsp3) is 0.0435. The highest BCUT2D eigenvalue weighted by Gasteiger charge is 2.21. The highest BCUT2D eigenvalue weighted by molar-refractivity contribution is 7.21. The molecule has 33 heavy (non-hydrogen) atoms. The Hall–Kier alpha value is -4.31. The molecular formula is C23H18FN7OS. The summed E-state index contributed by atoms with van der Waals surface area (Å²) in [6.07, 6.45) is 3.15. The van der Waals surface area contributed by atoms with Crippen molar-refractivity contribution in [2.24, 2.45) is 12.8 Å². The zero-order chi connectivity index (χ0) is 23.1. The molecule has 3 heterocycles. The number of aryl methyl sites for hydroxylation is 1. The molecule has 8 nitrogen and oxygen atoms in total. The number of aromatic nitrogens is 4. The van der Waals surface area contributed by atoms with Gasteiger partial charge in [-0.1, -0.05) is 24.3 Å². The Labute approximate surface area is 191 Å². The molecular weight excluding hydrogens is 441 g/mol. The van der Waals surface area contributed by atoms with Crippen LogP contribution in [-0.2, 0) is 7.05 Å². The van der Waals surface area contributed by atoms with Crippen LogP contribution in [0.25, 0.3) is 32.0 Å². The normalized spacial score (nSPS) is 11.1. The number of benzene rings is 2. The number of fused-ring (bicyclic) bond motifs is 1. The van der Waals surface area contributed by atoms with Crippen LogP contribution in [0.1, 0.15) is 0 Å². The van der Waals surface area contributed by atoms with Gasteiger partial charge in [0.2, 0.25) is 0 Å². The van der Waals surface area contributed by atoms with Crippen molar-refractivity contribution < 1.29 is 9.18 Å². The van der Waals surface area contributed by atoms with Crippen LogP contribution in [0.2, 0.25) is 0 Å². The standard InChI is InChI=1S/C23H18FN7OS/c1-30-12-29-19(20(30)18-10-15-21(25)27-11-28-22(15)33-18)13-5-4-6-14(9-13)31(23(26)32)17-8-3-2-7-16(17)24/h2-12H,1H3,(H2,26,32)(H2,25,27,28). The average Bonchev–Trinajstić information content (AvgIpc) is 3.39. The Morgan fingerprint density at radius 1 is 1.09 bits per heavy atom. The van der Waals surface area contributed by atoms with E-state index in [4.69, 9.17) is 11.5 Å². The Kier molecular flexibility index (Phi) is 4.98. The maximum atomic E-state index is 14.4. The van der Waals surface area contributed by atoms with Crippen LogP contribution >= 0.6 is 11.3 Å². The number of thiophene rings is 1. The molecule has 2 amide bonds. The summed E-state index contributed by atoms with van der Waals surface area (Å²) < 4.78 is 16.3. The number of hydrogen-bond donors (Lipinski definition) is 2. The lowest BCUT2D eigenvalue weighted by atomic mass is 10.1. The van der Waals surface area contributed by atoms with Gasteiger partial charge < -0.3 is 16.0 Å². The molecule has 3 aromatic heterocycles. The molecule has 5 rings (SSSR count). The van der Waals surface area contributed by atoms with Crippen LogP contribution in [0.15, 0.2) is 67.3 Å². The summed E-state index contributed by atoms with van der Waals surface area (Å²) in [6.45, 7) is 0. The number of halogens is 1. The molecule has 2 aromatic carbocycles. The summed E-state index contributed by atoms with van der Waals surface area (Å²) in [7, 11) is 1.89. The summed E-state index contributed by atoms with van der Waals surface area (Å²) >= 11 is 1.48. The number of hydrogen-bond acceptors (Lipinski definition) is 6. The molecule has 5 aromatic rings. The third kappa shape index (κ3) is 3.56. The maximum absolute atomic E-state index is 14.4. The molecule has 0 saturated heterocycles. The minimum Gasteiger partial charge on any atom is -0.383 e. The second kappa shape index (κ2) is 7.99. The van der Waals surface area contributed by atoms with Crippen LogP contribution < -0.4 is 16.4 Å². The van der Waals surface area contributed by atoms with Crippen molar-refractivity contribution >= 4 is 44.8 Å². The van der Waals surface area contributed by atoms with E-state index in [0.29, 0.717) is 17.2 Å². The van der Waals surface area contributed by atoms with E-state index >= 15 is 0 Å². The van der Waals surface area contributed by atoms with Crippen molar-refractivity contribution in [3.05, 3.63) is 73.1 Å². The summed E-state index contributed by atoms with van der Waals surface area (Å²) in [5.41, 5.74) is 14.4. The van der Waals surface area contributed by atoms with Gasteiger partial charge in [0.25, 0.3) is 0 Å².